The monoisotopic (exact) mass is 228 g/mol. The van der Waals surface area contributed by atoms with E-state index in [-0.39, 0.29) is 5.91 Å². The van der Waals surface area contributed by atoms with Crippen molar-refractivity contribution in [3.8, 4) is 6.07 Å². The van der Waals surface area contributed by atoms with E-state index in [2.05, 4.69) is 5.32 Å². The van der Waals surface area contributed by atoms with Crippen molar-refractivity contribution in [2.45, 2.75) is 19.4 Å². The van der Waals surface area contributed by atoms with Crippen molar-refractivity contribution in [2.75, 3.05) is 0 Å². The fourth-order valence-corrected chi connectivity index (χ4v) is 1.67. The summed E-state index contributed by atoms with van der Waals surface area (Å²) in [6.45, 7) is 3.28. The molecule has 0 saturated heterocycles. The second-order valence-electron chi connectivity index (χ2n) is 3.33. The molecule has 0 aliphatic heterocycles. The van der Waals surface area contributed by atoms with Gasteiger partial charge in [-0.25, -0.2) is 0 Å². The van der Waals surface area contributed by atoms with Gasteiger partial charge in [-0.2, -0.15) is 5.26 Å². The summed E-state index contributed by atoms with van der Waals surface area (Å²) in [7, 11) is 0. The van der Waals surface area contributed by atoms with E-state index in [1.807, 2.05) is 6.07 Å². The van der Waals surface area contributed by atoms with Crippen LogP contribution in [0.2, 0.25) is 4.34 Å². The number of halogens is 1. The quantitative estimate of drug-likeness (QED) is 0.845. The Labute approximate surface area is 91.3 Å². The summed E-state index contributed by atoms with van der Waals surface area (Å²) < 4.78 is 0.560. The summed E-state index contributed by atoms with van der Waals surface area (Å²) in [5.74, 6) is -0.278. The first-order chi connectivity index (χ1) is 6.44. The maximum atomic E-state index is 11.5. The van der Waals surface area contributed by atoms with Gasteiger partial charge in [0.1, 0.15) is 5.54 Å². The Morgan fingerprint density at radius 3 is 2.79 bits per heavy atom. The highest BCUT2D eigenvalue weighted by Crippen LogP contribution is 2.20. The Balaban J connectivity index is 2.74. The highest BCUT2D eigenvalue weighted by atomic mass is 35.5. The lowest BCUT2D eigenvalue weighted by Gasteiger charge is -2.16. The number of amides is 1. The van der Waals surface area contributed by atoms with Crippen LogP contribution in [0.3, 0.4) is 0 Å². The van der Waals surface area contributed by atoms with Crippen LogP contribution in [0.25, 0.3) is 0 Å². The van der Waals surface area contributed by atoms with E-state index in [9.17, 15) is 4.79 Å². The summed E-state index contributed by atoms with van der Waals surface area (Å²) in [5, 5.41) is 12.9. The van der Waals surface area contributed by atoms with Gasteiger partial charge in [0.2, 0.25) is 0 Å². The van der Waals surface area contributed by atoms with Crippen molar-refractivity contribution >= 4 is 28.8 Å². The molecular formula is C9H9ClN2OS. The van der Waals surface area contributed by atoms with Crippen LogP contribution in [-0.2, 0) is 0 Å². The number of hydrogen-bond acceptors (Lipinski definition) is 3. The lowest BCUT2D eigenvalue weighted by atomic mass is 10.1. The summed E-state index contributed by atoms with van der Waals surface area (Å²) in [6.07, 6.45) is 0. The first-order valence-electron chi connectivity index (χ1n) is 3.92. The third-order valence-corrected chi connectivity index (χ3v) is 2.63. The van der Waals surface area contributed by atoms with Gasteiger partial charge in [-0.15, -0.1) is 11.3 Å². The topological polar surface area (TPSA) is 52.9 Å². The Kier molecular flexibility index (Phi) is 3.14. The highest BCUT2D eigenvalue weighted by Gasteiger charge is 2.20. The summed E-state index contributed by atoms with van der Waals surface area (Å²) >= 11 is 6.97. The van der Waals surface area contributed by atoms with Crippen LogP contribution < -0.4 is 5.32 Å². The lowest BCUT2D eigenvalue weighted by molar-refractivity contribution is 0.0929. The molecule has 0 saturated carbocycles. The number of nitrogens with one attached hydrogen (secondary N) is 1. The molecule has 5 heteroatoms. The summed E-state index contributed by atoms with van der Waals surface area (Å²) in [6, 6.07) is 3.57. The molecule has 0 bridgehead atoms. The van der Waals surface area contributed by atoms with Gasteiger partial charge in [0.05, 0.1) is 16.0 Å². The molecule has 0 aliphatic rings. The molecular weight excluding hydrogens is 220 g/mol. The maximum Gasteiger partial charge on any atom is 0.253 e. The van der Waals surface area contributed by atoms with E-state index < -0.39 is 5.54 Å². The van der Waals surface area contributed by atoms with Crippen molar-refractivity contribution in [1.82, 2.24) is 5.32 Å². The molecule has 74 valence electrons. The van der Waals surface area contributed by atoms with E-state index in [4.69, 9.17) is 16.9 Å². The second kappa shape index (κ2) is 3.99. The van der Waals surface area contributed by atoms with Crippen LogP contribution in [0, 0.1) is 11.3 Å². The van der Waals surface area contributed by atoms with Gasteiger partial charge >= 0.3 is 0 Å². The molecule has 0 fully saturated rings. The van der Waals surface area contributed by atoms with Crippen molar-refractivity contribution < 1.29 is 4.79 Å². The van der Waals surface area contributed by atoms with Gasteiger partial charge in [-0.3, -0.25) is 4.79 Å². The Morgan fingerprint density at radius 2 is 2.36 bits per heavy atom. The second-order valence-corrected chi connectivity index (χ2v) is 4.87. The number of nitrogens with zero attached hydrogens (tertiary/aromatic N) is 1. The molecule has 1 rings (SSSR count). The number of hydrogen-bond donors (Lipinski definition) is 1. The van der Waals surface area contributed by atoms with Crippen LogP contribution >= 0.6 is 22.9 Å². The molecule has 0 radical (unpaired) electrons. The van der Waals surface area contributed by atoms with Gasteiger partial charge < -0.3 is 5.32 Å². The molecule has 0 aliphatic carbocycles. The van der Waals surface area contributed by atoms with Gasteiger partial charge in [0, 0.05) is 5.38 Å². The molecule has 1 heterocycles. The average molecular weight is 229 g/mol. The van der Waals surface area contributed by atoms with Crippen LogP contribution in [0.1, 0.15) is 24.2 Å². The number of carbonyl (C=O) groups is 1. The summed E-state index contributed by atoms with van der Waals surface area (Å²) in [4.78, 5) is 11.5. The molecule has 1 amide bonds. The normalized spacial score (nSPS) is 10.7. The highest BCUT2D eigenvalue weighted by molar-refractivity contribution is 7.14. The van der Waals surface area contributed by atoms with Crippen molar-refractivity contribution in [1.29, 1.82) is 5.26 Å². The zero-order valence-corrected chi connectivity index (χ0v) is 9.37. The third-order valence-electron chi connectivity index (χ3n) is 1.54. The van der Waals surface area contributed by atoms with E-state index in [1.54, 1.807) is 25.3 Å². The smallest absolute Gasteiger partial charge is 0.253 e. The zero-order valence-electron chi connectivity index (χ0n) is 7.80. The standard InChI is InChI=1S/C9H9ClN2OS/c1-9(2,5-11)12-8(13)6-3-7(10)14-4-6/h3-4H,1-2H3,(H,12,13). The van der Waals surface area contributed by atoms with E-state index in [1.165, 1.54) is 11.3 Å². The number of nitriles is 1. The third kappa shape index (κ3) is 2.72. The summed E-state index contributed by atoms with van der Waals surface area (Å²) in [5.41, 5.74) is -0.366. The van der Waals surface area contributed by atoms with E-state index in [0.29, 0.717) is 9.90 Å². The minimum absolute atomic E-state index is 0.278. The largest absolute Gasteiger partial charge is 0.334 e. The molecule has 0 spiro atoms. The van der Waals surface area contributed by atoms with Gasteiger partial charge in [0.25, 0.3) is 5.91 Å². The maximum absolute atomic E-state index is 11.5. The molecule has 0 aromatic carbocycles. The molecule has 3 nitrogen and oxygen atoms in total. The van der Waals surface area contributed by atoms with Crippen LogP contribution in [0.15, 0.2) is 11.4 Å². The van der Waals surface area contributed by atoms with Gasteiger partial charge in [-0.1, -0.05) is 11.6 Å². The average Bonchev–Trinajstić information content (AvgIpc) is 2.51. The molecule has 14 heavy (non-hydrogen) atoms. The van der Waals surface area contributed by atoms with Crippen LogP contribution in [0.5, 0.6) is 0 Å². The van der Waals surface area contributed by atoms with Crippen LogP contribution in [-0.4, -0.2) is 11.4 Å². The number of carbonyl (C=O) groups excluding carboxylic acids is 1. The number of thiophene rings is 1. The predicted octanol–water partition coefficient (Wildman–Crippen LogP) is 2.43. The van der Waals surface area contributed by atoms with Crippen molar-refractivity contribution in [2.24, 2.45) is 0 Å². The van der Waals surface area contributed by atoms with Gasteiger partial charge in [0.15, 0.2) is 0 Å². The Morgan fingerprint density at radius 1 is 1.71 bits per heavy atom. The minimum Gasteiger partial charge on any atom is -0.334 e. The molecule has 1 aromatic heterocycles. The van der Waals surface area contributed by atoms with E-state index in [0.717, 1.165) is 0 Å². The molecule has 1 N–H and O–H groups in total. The minimum atomic E-state index is -0.856. The molecule has 0 atom stereocenters. The predicted molar refractivity (Wildman–Crippen MR) is 56.5 cm³/mol. The molecule has 1 aromatic rings. The lowest BCUT2D eigenvalue weighted by Crippen LogP contribution is -2.41. The first kappa shape index (κ1) is 11.0. The van der Waals surface area contributed by atoms with Crippen LogP contribution in [0.4, 0.5) is 0 Å². The fourth-order valence-electron chi connectivity index (χ4n) is 0.813. The Hall–Kier alpha value is -1.05. The zero-order chi connectivity index (χ0) is 10.8. The molecule has 0 unspecified atom stereocenters. The SMILES string of the molecule is CC(C)(C#N)NC(=O)c1csc(Cl)c1. The Bertz CT molecular complexity index is 392. The van der Waals surface area contributed by atoms with Crippen molar-refractivity contribution in [3.05, 3.63) is 21.3 Å². The fraction of sp³-hybridized carbons (Fsp3) is 0.333. The van der Waals surface area contributed by atoms with E-state index >= 15 is 0 Å². The first-order valence-corrected chi connectivity index (χ1v) is 5.18. The van der Waals surface area contributed by atoms with Crippen molar-refractivity contribution in [3.63, 3.8) is 0 Å². The number of rotatable bonds is 2. The van der Waals surface area contributed by atoms with Gasteiger partial charge in [-0.05, 0) is 19.9 Å².